The Bertz CT molecular complexity index is 313. The van der Waals surface area contributed by atoms with Gasteiger partial charge in [0.15, 0.2) is 0 Å². The first-order valence-electron chi connectivity index (χ1n) is 4.62. The van der Waals surface area contributed by atoms with Crippen LogP contribution in [0.5, 0.6) is 0 Å². The van der Waals surface area contributed by atoms with Gasteiger partial charge < -0.3 is 5.73 Å². The van der Waals surface area contributed by atoms with Crippen molar-refractivity contribution in [1.82, 2.24) is 0 Å². The van der Waals surface area contributed by atoms with Gasteiger partial charge in [-0.2, -0.15) is 0 Å². The highest BCUT2D eigenvalue weighted by Crippen LogP contribution is 2.23. The predicted octanol–water partition coefficient (Wildman–Crippen LogP) is 1.53. The van der Waals surface area contributed by atoms with Crippen LogP contribution in [0.2, 0.25) is 0 Å². The maximum atomic E-state index is 5.56. The van der Waals surface area contributed by atoms with Crippen LogP contribution >= 0.6 is 0 Å². The van der Waals surface area contributed by atoms with Crippen molar-refractivity contribution in [3.05, 3.63) is 35.4 Å². The molecule has 0 atom stereocenters. The Morgan fingerprint density at radius 3 is 2.31 bits per heavy atom. The van der Waals surface area contributed by atoms with E-state index in [9.17, 15) is 0 Å². The molecule has 13 heavy (non-hydrogen) atoms. The predicted molar refractivity (Wildman–Crippen MR) is 54.9 cm³/mol. The fourth-order valence-electron chi connectivity index (χ4n) is 1.91. The Morgan fingerprint density at radius 1 is 1.31 bits per heavy atom. The topological polar surface area (TPSA) is 38.4 Å². The maximum Gasteiger partial charge on any atom is 0.0909 e. The number of nitrogens with zero attached hydrogens (tertiary/aromatic N) is 1. The molecule has 0 amide bonds. The van der Waals surface area contributed by atoms with Crippen molar-refractivity contribution in [2.24, 2.45) is 10.7 Å². The van der Waals surface area contributed by atoms with Crippen LogP contribution in [0.4, 0.5) is 0 Å². The third-order valence-electron chi connectivity index (χ3n) is 2.42. The number of aliphatic imine (C=N–C) groups is 1. The first kappa shape index (κ1) is 8.30. The van der Waals surface area contributed by atoms with Crippen LogP contribution in [0, 0.1) is 0 Å². The Balaban J connectivity index is 2.18. The average molecular weight is 174 g/mol. The summed E-state index contributed by atoms with van der Waals surface area (Å²) < 4.78 is 0. The summed E-state index contributed by atoms with van der Waals surface area (Å²) >= 11 is 0. The normalized spacial score (nSPS) is 17.5. The summed E-state index contributed by atoms with van der Waals surface area (Å²) in [5, 5.41) is 0. The maximum absolute atomic E-state index is 5.56. The van der Waals surface area contributed by atoms with Gasteiger partial charge in [0, 0.05) is 0 Å². The summed E-state index contributed by atoms with van der Waals surface area (Å²) in [5.41, 5.74) is 8.41. The van der Waals surface area contributed by atoms with E-state index in [0.29, 0.717) is 11.9 Å². The largest absolute Gasteiger partial charge is 0.388 e. The van der Waals surface area contributed by atoms with Gasteiger partial charge >= 0.3 is 0 Å². The third-order valence-corrected chi connectivity index (χ3v) is 2.42. The highest BCUT2D eigenvalue weighted by molar-refractivity contribution is 5.77. The minimum atomic E-state index is 0.377. The molecule has 1 aromatic carbocycles. The minimum Gasteiger partial charge on any atom is -0.388 e. The van der Waals surface area contributed by atoms with Crippen LogP contribution < -0.4 is 5.73 Å². The molecule has 1 aliphatic rings. The zero-order chi connectivity index (χ0) is 9.26. The molecule has 2 N–H and O–H groups in total. The van der Waals surface area contributed by atoms with E-state index in [0.717, 1.165) is 12.8 Å². The van der Waals surface area contributed by atoms with Crippen LogP contribution in [-0.4, -0.2) is 11.9 Å². The molecule has 0 saturated carbocycles. The van der Waals surface area contributed by atoms with Crippen molar-refractivity contribution >= 4 is 5.84 Å². The van der Waals surface area contributed by atoms with Crippen molar-refractivity contribution in [3.63, 3.8) is 0 Å². The number of nitrogens with two attached hydrogens (primary N) is 1. The van der Waals surface area contributed by atoms with Crippen molar-refractivity contribution in [1.29, 1.82) is 0 Å². The molecule has 2 heteroatoms. The van der Waals surface area contributed by atoms with Gasteiger partial charge in [0.25, 0.3) is 0 Å². The standard InChI is InChI=1S/C11H14N2/c1-8(12)13-11-6-9-4-2-3-5-10(9)7-11/h2-5,11H,6-7H2,1H3,(H2,12,13). The molecule has 0 aliphatic heterocycles. The van der Waals surface area contributed by atoms with E-state index in [1.165, 1.54) is 11.1 Å². The number of hydrogen-bond acceptors (Lipinski definition) is 1. The molecule has 0 bridgehead atoms. The Morgan fingerprint density at radius 2 is 1.85 bits per heavy atom. The third kappa shape index (κ3) is 1.72. The van der Waals surface area contributed by atoms with Gasteiger partial charge in [-0.25, -0.2) is 0 Å². The summed E-state index contributed by atoms with van der Waals surface area (Å²) in [4.78, 5) is 4.39. The molecule has 2 nitrogen and oxygen atoms in total. The number of amidine groups is 1. The molecule has 0 fully saturated rings. The van der Waals surface area contributed by atoms with Gasteiger partial charge in [0.2, 0.25) is 0 Å². The summed E-state index contributed by atoms with van der Waals surface area (Å²) in [6.07, 6.45) is 2.09. The zero-order valence-corrected chi connectivity index (χ0v) is 7.83. The Labute approximate surface area is 78.5 Å². The molecule has 2 rings (SSSR count). The van der Waals surface area contributed by atoms with Crippen LogP contribution in [0.25, 0.3) is 0 Å². The second kappa shape index (κ2) is 3.21. The van der Waals surface area contributed by atoms with Crippen molar-refractivity contribution in [2.45, 2.75) is 25.8 Å². The van der Waals surface area contributed by atoms with Gasteiger partial charge in [-0.1, -0.05) is 24.3 Å². The van der Waals surface area contributed by atoms with Gasteiger partial charge in [0.05, 0.1) is 11.9 Å². The zero-order valence-electron chi connectivity index (χ0n) is 7.83. The van der Waals surface area contributed by atoms with E-state index in [4.69, 9.17) is 5.73 Å². The van der Waals surface area contributed by atoms with Crippen molar-refractivity contribution in [2.75, 3.05) is 0 Å². The number of fused-ring (bicyclic) bond motifs is 1. The number of benzene rings is 1. The van der Waals surface area contributed by atoms with Gasteiger partial charge in [-0.15, -0.1) is 0 Å². The quantitative estimate of drug-likeness (QED) is 0.509. The van der Waals surface area contributed by atoms with E-state index in [1.807, 2.05) is 6.92 Å². The summed E-state index contributed by atoms with van der Waals surface area (Å²) in [6, 6.07) is 8.90. The molecule has 1 aliphatic carbocycles. The molecule has 0 radical (unpaired) electrons. The van der Waals surface area contributed by atoms with Gasteiger partial charge in [-0.05, 0) is 30.9 Å². The fraction of sp³-hybridized carbons (Fsp3) is 0.364. The number of hydrogen-bond donors (Lipinski definition) is 1. The summed E-state index contributed by atoms with van der Waals surface area (Å²) in [7, 11) is 0. The Hall–Kier alpha value is -1.31. The van der Waals surface area contributed by atoms with Crippen LogP contribution in [0.15, 0.2) is 29.3 Å². The number of rotatable bonds is 1. The van der Waals surface area contributed by atoms with E-state index >= 15 is 0 Å². The monoisotopic (exact) mass is 174 g/mol. The molecule has 0 spiro atoms. The summed E-state index contributed by atoms with van der Waals surface area (Å²) in [6.45, 7) is 1.85. The molecular formula is C11H14N2. The lowest BCUT2D eigenvalue weighted by Crippen LogP contribution is -2.13. The van der Waals surface area contributed by atoms with E-state index in [-0.39, 0.29) is 0 Å². The first-order chi connectivity index (χ1) is 6.25. The van der Waals surface area contributed by atoms with Crippen LogP contribution in [-0.2, 0) is 12.8 Å². The molecule has 68 valence electrons. The lowest BCUT2D eigenvalue weighted by atomic mass is 10.1. The van der Waals surface area contributed by atoms with Gasteiger partial charge in [-0.3, -0.25) is 4.99 Å². The molecule has 0 unspecified atom stereocenters. The molecule has 0 aromatic heterocycles. The lowest BCUT2D eigenvalue weighted by molar-refractivity contribution is 0.722. The second-order valence-electron chi connectivity index (χ2n) is 3.60. The average Bonchev–Trinajstić information content (AvgIpc) is 2.44. The summed E-state index contributed by atoms with van der Waals surface area (Å²) in [5.74, 6) is 0.692. The molecule has 0 heterocycles. The SMILES string of the molecule is CC(N)=NC1Cc2ccccc2C1. The highest BCUT2D eigenvalue weighted by atomic mass is 14.9. The molecular weight excluding hydrogens is 160 g/mol. The van der Waals surface area contributed by atoms with Gasteiger partial charge in [0.1, 0.15) is 0 Å². The van der Waals surface area contributed by atoms with Crippen molar-refractivity contribution in [3.8, 4) is 0 Å². The van der Waals surface area contributed by atoms with Crippen LogP contribution in [0.1, 0.15) is 18.1 Å². The lowest BCUT2D eigenvalue weighted by Gasteiger charge is -2.01. The fourth-order valence-corrected chi connectivity index (χ4v) is 1.91. The first-order valence-corrected chi connectivity index (χ1v) is 4.62. The van der Waals surface area contributed by atoms with E-state index in [2.05, 4.69) is 29.3 Å². The minimum absolute atomic E-state index is 0.377. The van der Waals surface area contributed by atoms with E-state index in [1.54, 1.807) is 0 Å². The Kier molecular flexibility index (Phi) is 2.05. The molecule has 1 aromatic rings. The van der Waals surface area contributed by atoms with Crippen molar-refractivity contribution < 1.29 is 0 Å². The second-order valence-corrected chi connectivity index (χ2v) is 3.60. The molecule has 0 saturated heterocycles. The smallest absolute Gasteiger partial charge is 0.0909 e. The highest BCUT2D eigenvalue weighted by Gasteiger charge is 2.19. The van der Waals surface area contributed by atoms with Crippen LogP contribution in [0.3, 0.4) is 0 Å². The van der Waals surface area contributed by atoms with E-state index < -0.39 is 0 Å².